The standard InChI is InChI=1S/C13H21N5O4/c1-4-10-11(18(20)21)12(16(2)15-10)14-9-5-7-17(8-6-9)13(19)22-3/h9,14H,4-8H2,1-3H3. The summed E-state index contributed by atoms with van der Waals surface area (Å²) in [5.74, 6) is 0.429. The summed E-state index contributed by atoms with van der Waals surface area (Å²) in [6.45, 7) is 2.97. The van der Waals surface area contributed by atoms with Crippen molar-refractivity contribution in [1.82, 2.24) is 14.7 Å². The Morgan fingerprint density at radius 1 is 1.50 bits per heavy atom. The molecule has 0 atom stereocenters. The van der Waals surface area contributed by atoms with Crippen molar-refractivity contribution in [3.63, 3.8) is 0 Å². The number of carbonyl (C=O) groups excluding carboxylic acids is 1. The number of hydrogen-bond donors (Lipinski definition) is 1. The SMILES string of the molecule is CCc1nn(C)c(NC2CCN(C(=O)OC)CC2)c1[N+](=O)[O-]. The molecule has 0 spiro atoms. The minimum absolute atomic E-state index is 0.0420. The number of rotatable bonds is 4. The largest absolute Gasteiger partial charge is 0.453 e. The molecule has 1 aromatic heterocycles. The summed E-state index contributed by atoms with van der Waals surface area (Å²) in [7, 11) is 3.05. The number of piperidine rings is 1. The van der Waals surface area contributed by atoms with Gasteiger partial charge in [0.05, 0.1) is 12.0 Å². The van der Waals surface area contributed by atoms with Gasteiger partial charge in [-0.15, -0.1) is 0 Å². The lowest BCUT2D eigenvalue weighted by Crippen LogP contribution is -2.42. The zero-order chi connectivity index (χ0) is 16.3. The van der Waals surface area contributed by atoms with Crippen molar-refractivity contribution < 1.29 is 14.5 Å². The lowest BCUT2D eigenvalue weighted by molar-refractivity contribution is -0.384. The van der Waals surface area contributed by atoms with Crippen molar-refractivity contribution in [3.05, 3.63) is 15.8 Å². The number of nitro groups is 1. The first-order valence-electron chi connectivity index (χ1n) is 7.27. The fourth-order valence-corrected chi connectivity index (χ4v) is 2.69. The van der Waals surface area contributed by atoms with E-state index < -0.39 is 4.92 Å². The Bertz CT molecular complexity index is 563. The minimum atomic E-state index is -0.391. The van der Waals surface area contributed by atoms with Crippen molar-refractivity contribution in [2.45, 2.75) is 32.2 Å². The number of anilines is 1. The van der Waals surface area contributed by atoms with E-state index in [1.54, 1.807) is 11.9 Å². The second-order valence-electron chi connectivity index (χ2n) is 5.25. The molecule has 9 heteroatoms. The maximum Gasteiger partial charge on any atom is 0.409 e. The number of carbonyl (C=O) groups is 1. The summed E-state index contributed by atoms with van der Waals surface area (Å²) in [4.78, 5) is 24.0. The molecule has 1 fully saturated rings. The quantitative estimate of drug-likeness (QED) is 0.668. The van der Waals surface area contributed by atoms with E-state index in [4.69, 9.17) is 4.74 Å². The average molecular weight is 311 g/mol. The molecule has 2 rings (SSSR count). The van der Waals surface area contributed by atoms with Gasteiger partial charge in [-0.05, 0) is 19.3 Å². The molecule has 0 saturated carbocycles. The van der Waals surface area contributed by atoms with Crippen LogP contribution in [0.5, 0.6) is 0 Å². The molecule has 1 saturated heterocycles. The van der Waals surface area contributed by atoms with Crippen molar-refractivity contribution in [1.29, 1.82) is 0 Å². The molecule has 1 aromatic rings. The van der Waals surface area contributed by atoms with E-state index in [0.717, 1.165) is 0 Å². The van der Waals surface area contributed by atoms with E-state index in [9.17, 15) is 14.9 Å². The molecule has 1 N–H and O–H groups in total. The van der Waals surface area contributed by atoms with Crippen LogP contribution in [-0.2, 0) is 18.2 Å². The van der Waals surface area contributed by atoms with Crippen molar-refractivity contribution in [3.8, 4) is 0 Å². The van der Waals surface area contributed by atoms with Crippen LogP contribution in [0, 0.1) is 10.1 Å². The maximum absolute atomic E-state index is 11.5. The van der Waals surface area contributed by atoms with Gasteiger partial charge in [-0.3, -0.25) is 10.1 Å². The van der Waals surface area contributed by atoms with Crippen LogP contribution in [0.15, 0.2) is 0 Å². The number of methoxy groups -OCH3 is 1. The summed E-state index contributed by atoms with van der Waals surface area (Å²) in [5, 5.41) is 18.7. The number of likely N-dealkylation sites (tertiary alicyclic amines) is 1. The van der Waals surface area contributed by atoms with Crippen LogP contribution < -0.4 is 5.32 Å². The minimum Gasteiger partial charge on any atom is -0.453 e. The second-order valence-corrected chi connectivity index (χ2v) is 5.25. The van der Waals surface area contributed by atoms with Gasteiger partial charge in [-0.2, -0.15) is 5.10 Å². The number of aromatic nitrogens is 2. The molecule has 1 aliphatic heterocycles. The smallest absolute Gasteiger partial charge is 0.409 e. The molecule has 0 radical (unpaired) electrons. The average Bonchev–Trinajstić information content (AvgIpc) is 2.83. The molecule has 0 aliphatic carbocycles. The van der Waals surface area contributed by atoms with E-state index in [0.29, 0.717) is 43.9 Å². The zero-order valence-corrected chi connectivity index (χ0v) is 13.0. The van der Waals surface area contributed by atoms with E-state index in [2.05, 4.69) is 10.4 Å². The first-order valence-corrected chi connectivity index (χ1v) is 7.27. The molecule has 122 valence electrons. The Morgan fingerprint density at radius 3 is 2.64 bits per heavy atom. The van der Waals surface area contributed by atoms with E-state index in [-0.39, 0.29) is 17.8 Å². The first-order chi connectivity index (χ1) is 10.5. The Morgan fingerprint density at radius 2 is 2.14 bits per heavy atom. The normalized spacial score (nSPS) is 15.7. The van der Waals surface area contributed by atoms with Gasteiger partial charge < -0.3 is 15.0 Å². The number of hydrogen-bond acceptors (Lipinski definition) is 6. The predicted octanol–water partition coefficient (Wildman–Crippen LogP) is 1.53. The van der Waals surface area contributed by atoms with Gasteiger partial charge in [-0.1, -0.05) is 6.92 Å². The van der Waals surface area contributed by atoms with E-state index in [1.807, 2.05) is 6.92 Å². The monoisotopic (exact) mass is 311 g/mol. The summed E-state index contributed by atoms with van der Waals surface area (Å²) >= 11 is 0. The molecular weight excluding hydrogens is 290 g/mol. The van der Waals surface area contributed by atoms with Crippen LogP contribution in [0.3, 0.4) is 0 Å². The van der Waals surface area contributed by atoms with E-state index >= 15 is 0 Å². The van der Waals surface area contributed by atoms with Gasteiger partial charge in [0.2, 0.25) is 5.82 Å². The van der Waals surface area contributed by atoms with Crippen molar-refractivity contribution in [2.75, 3.05) is 25.5 Å². The Hall–Kier alpha value is -2.32. The lowest BCUT2D eigenvalue weighted by Gasteiger charge is -2.31. The van der Waals surface area contributed by atoms with Crippen LogP contribution >= 0.6 is 0 Å². The Balaban J connectivity index is 2.08. The summed E-state index contributed by atoms with van der Waals surface area (Å²) < 4.78 is 6.21. The molecule has 22 heavy (non-hydrogen) atoms. The van der Waals surface area contributed by atoms with Gasteiger partial charge in [0.25, 0.3) is 0 Å². The van der Waals surface area contributed by atoms with Gasteiger partial charge in [-0.25, -0.2) is 9.48 Å². The summed E-state index contributed by atoms with van der Waals surface area (Å²) in [5.41, 5.74) is 0.516. The molecule has 0 aromatic carbocycles. The number of nitrogens with one attached hydrogen (secondary N) is 1. The third kappa shape index (κ3) is 3.12. The highest BCUT2D eigenvalue weighted by Gasteiger charge is 2.29. The van der Waals surface area contributed by atoms with Crippen LogP contribution in [0.2, 0.25) is 0 Å². The molecule has 2 heterocycles. The number of ether oxygens (including phenoxy) is 1. The Labute approximate surface area is 128 Å². The predicted molar refractivity (Wildman–Crippen MR) is 79.9 cm³/mol. The highest BCUT2D eigenvalue weighted by Crippen LogP contribution is 2.30. The van der Waals surface area contributed by atoms with Crippen LogP contribution in [0.4, 0.5) is 16.3 Å². The number of aryl methyl sites for hydroxylation is 2. The zero-order valence-electron chi connectivity index (χ0n) is 13.0. The van der Waals surface area contributed by atoms with Gasteiger partial charge in [0, 0.05) is 26.2 Å². The lowest BCUT2D eigenvalue weighted by atomic mass is 10.1. The second kappa shape index (κ2) is 6.63. The van der Waals surface area contributed by atoms with Gasteiger partial charge in [0.1, 0.15) is 5.69 Å². The van der Waals surface area contributed by atoms with Crippen molar-refractivity contribution in [2.24, 2.45) is 7.05 Å². The first kappa shape index (κ1) is 16.1. The van der Waals surface area contributed by atoms with Crippen LogP contribution in [0.25, 0.3) is 0 Å². The molecule has 0 bridgehead atoms. The number of nitrogens with zero attached hydrogens (tertiary/aromatic N) is 4. The molecule has 1 amide bonds. The number of amides is 1. The maximum atomic E-state index is 11.5. The highest BCUT2D eigenvalue weighted by atomic mass is 16.6. The fraction of sp³-hybridized carbons (Fsp3) is 0.692. The van der Waals surface area contributed by atoms with Gasteiger partial charge in [0.15, 0.2) is 0 Å². The van der Waals surface area contributed by atoms with Crippen LogP contribution in [0.1, 0.15) is 25.5 Å². The third-order valence-electron chi connectivity index (χ3n) is 3.88. The fourth-order valence-electron chi connectivity index (χ4n) is 2.69. The topological polar surface area (TPSA) is 103 Å². The van der Waals surface area contributed by atoms with E-state index in [1.165, 1.54) is 11.8 Å². The van der Waals surface area contributed by atoms with Gasteiger partial charge >= 0.3 is 11.8 Å². The molecule has 1 aliphatic rings. The molecular formula is C13H21N5O4. The molecule has 0 unspecified atom stereocenters. The van der Waals surface area contributed by atoms with Crippen LogP contribution in [-0.4, -0.2) is 51.9 Å². The third-order valence-corrected chi connectivity index (χ3v) is 3.88. The van der Waals surface area contributed by atoms with Crippen molar-refractivity contribution >= 4 is 17.6 Å². The highest BCUT2D eigenvalue weighted by molar-refractivity contribution is 5.67. The summed E-state index contributed by atoms with van der Waals surface area (Å²) in [6.07, 6.45) is 1.59. The Kier molecular flexibility index (Phi) is 4.84. The summed E-state index contributed by atoms with van der Waals surface area (Å²) in [6, 6.07) is 0.0692. The molecule has 9 nitrogen and oxygen atoms in total.